The molecule has 0 saturated heterocycles. The molecule has 0 spiro atoms. The number of aromatic nitrogens is 2. The van der Waals surface area contributed by atoms with Crippen molar-refractivity contribution in [3.63, 3.8) is 0 Å². The van der Waals surface area contributed by atoms with E-state index in [1.807, 2.05) is 6.07 Å². The summed E-state index contributed by atoms with van der Waals surface area (Å²) in [7, 11) is 0. The third kappa shape index (κ3) is 3.42. The smallest absolute Gasteiger partial charge is 0.325 e. The van der Waals surface area contributed by atoms with Crippen molar-refractivity contribution in [2.45, 2.75) is 38.3 Å². The topological polar surface area (TPSA) is 49.0 Å². The quantitative estimate of drug-likeness (QED) is 0.416. The van der Waals surface area contributed by atoms with Gasteiger partial charge < -0.3 is 9.88 Å². The molecule has 32 heavy (non-hydrogen) atoms. The Bertz CT molecular complexity index is 1330. The number of fused-ring (bicyclic) bond motifs is 2. The molecule has 8 heteroatoms. The van der Waals surface area contributed by atoms with Crippen molar-refractivity contribution in [1.82, 2.24) is 9.97 Å². The van der Waals surface area contributed by atoms with Crippen LogP contribution in [0.2, 0.25) is 0 Å². The van der Waals surface area contributed by atoms with E-state index in [9.17, 15) is 22.4 Å². The molecule has 0 bridgehead atoms. The van der Waals surface area contributed by atoms with Crippen molar-refractivity contribution >= 4 is 22.4 Å². The highest BCUT2D eigenvalue weighted by Gasteiger charge is 2.62. The van der Waals surface area contributed by atoms with Crippen LogP contribution in [0.3, 0.4) is 0 Å². The molecule has 1 aliphatic heterocycles. The second-order valence-corrected chi connectivity index (χ2v) is 8.27. The van der Waals surface area contributed by atoms with Gasteiger partial charge in [-0.1, -0.05) is 24.0 Å². The number of nitrogens with one attached hydrogen (secondary N) is 1. The summed E-state index contributed by atoms with van der Waals surface area (Å²) in [6.45, 7) is 0.496. The number of benzene rings is 2. The van der Waals surface area contributed by atoms with Crippen LogP contribution in [0.1, 0.15) is 36.8 Å². The summed E-state index contributed by atoms with van der Waals surface area (Å²) in [6, 6.07) is 9.68. The van der Waals surface area contributed by atoms with Crippen LogP contribution in [0.5, 0.6) is 0 Å². The first-order valence-corrected chi connectivity index (χ1v) is 10.5. The molecule has 1 N–H and O–H groups in total. The van der Waals surface area contributed by atoms with E-state index in [0.717, 1.165) is 18.4 Å². The third-order valence-electron chi connectivity index (χ3n) is 6.17. The number of hydrogen-bond acceptors (Lipinski definition) is 3. The van der Waals surface area contributed by atoms with Crippen molar-refractivity contribution in [3.05, 3.63) is 63.8 Å². The number of nitrogens with zero attached hydrogens (tertiary/aromatic N) is 2. The number of H-pyrrole nitrogens is 1. The van der Waals surface area contributed by atoms with E-state index in [0.29, 0.717) is 29.7 Å². The van der Waals surface area contributed by atoms with E-state index < -0.39 is 23.1 Å². The highest BCUT2D eigenvalue weighted by molar-refractivity contribution is 5.92. The molecule has 2 aliphatic rings. The number of aromatic amines is 1. The molecule has 1 aromatic heterocycles. The number of rotatable bonds is 1. The standard InChI is InChI=1S/C24H19F4N3O/c25-17-7-4-8-18-20(17)21(30-22(32)29-18)31-14-2-1-6-16-15(5-3-9-19(16)31)10-11-23(12-13-23)24(26,27)28/h3-5,7-9H,1-2,6,12-14H2,(H,29,30,32). The second-order valence-electron chi connectivity index (χ2n) is 8.27. The van der Waals surface area contributed by atoms with Crippen molar-refractivity contribution in [1.29, 1.82) is 0 Å². The molecular formula is C24H19F4N3O. The molecule has 0 atom stereocenters. The highest BCUT2D eigenvalue weighted by atomic mass is 19.4. The monoisotopic (exact) mass is 441 g/mol. The zero-order valence-corrected chi connectivity index (χ0v) is 17.0. The van der Waals surface area contributed by atoms with E-state index in [-0.39, 0.29) is 24.0 Å². The van der Waals surface area contributed by atoms with Crippen LogP contribution in [0.15, 0.2) is 41.2 Å². The Hall–Kier alpha value is -3.34. The first-order chi connectivity index (χ1) is 15.3. The summed E-state index contributed by atoms with van der Waals surface area (Å²) in [4.78, 5) is 20.6. The zero-order chi connectivity index (χ0) is 22.5. The first kappa shape index (κ1) is 20.6. The lowest BCUT2D eigenvalue weighted by molar-refractivity contribution is -0.168. The van der Waals surface area contributed by atoms with Gasteiger partial charge in [0.1, 0.15) is 11.2 Å². The van der Waals surface area contributed by atoms with Crippen LogP contribution in [-0.2, 0) is 6.42 Å². The number of hydrogen-bond donors (Lipinski definition) is 1. The van der Waals surface area contributed by atoms with Gasteiger partial charge in [0.15, 0.2) is 5.82 Å². The summed E-state index contributed by atoms with van der Waals surface area (Å²) < 4.78 is 54.7. The fourth-order valence-corrected chi connectivity index (χ4v) is 4.26. The maximum absolute atomic E-state index is 14.7. The van der Waals surface area contributed by atoms with E-state index in [2.05, 4.69) is 21.8 Å². The largest absolute Gasteiger partial charge is 0.405 e. The first-order valence-electron chi connectivity index (χ1n) is 10.5. The number of halogens is 4. The minimum atomic E-state index is -4.34. The highest BCUT2D eigenvalue weighted by Crippen LogP contribution is 2.57. The van der Waals surface area contributed by atoms with Crippen LogP contribution >= 0.6 is 0 Å². The minimum Gasteiger partial charge on any atom is -0.325 e. The van der Waals surface area contributed by atoms with Crippen LogP contribution in [0, 0.1) is 23.1 Å². The average Bonchev–Trinajstić information content (AvgIpc) is 3.55. The maximum Gasteiger partial charge on any atom is 0.405 e. The molecule has 2 heterocycles. The predicted octanol–water partition coefficient (Wildman–Crippen LogP) is 5.23. The molecule has 0 amide bonds. The lowest BCUT2D eigenvalue weighted by atomic mass is 9.99. The van der Waals surface area contributed by atoms with Gasteiger partial charge in [-0.3, -0.25) is 0 Å². The molecule has 0 unspecified atom stereocenters. The van der Waals surface area contributed by atoms with Crippen LogP contribution < -0.4 is 10.6 Å². The Morgan fingerprint density at radius 2 is 1.88 bits per heavy atom. The van der Waals surface area contributed by atoms with Crippen molar-refractivity contribution in [3.8, 4) is 11.8 Å². The van der Waals surface area contributed by atoms with Crippen molar-refractivity contribution in [2.24, 2.45) is 5.41 Å². The second kappa shape index (κ2) is 7.37. The van der Waals surface area contributed by atoms with Crippen LogP contribution in [0.25, 0.3) is 10.9 Å². The molecule has 1 aliphatic carbocycles. The van der Waals surface area contributed by atoms with Gasteiger partial charge in [0.05, 0.1) is 10.9 Å². The van der Waals surface area contributed by atoms with Gasteiger partial charge in [-0.05, 0) is 61.9 Å². The summed E-state index contributed by atoms with van der Waals surface area (Å²) in [6.07, 6.45) is -2.14. The lowest BCUT2D eigenvalue weighted by Gasteiger charge is -2.25. The molecule has 3 aromatic rings. The molecule has 1 saturated carbocycles. The van der Waals surface area contributed by atoms with E-state index in [4.69, 9.17) is 0 Å². The normalized spacial score (nSPS) is 17.3. The maximum atomic E-state index is 14.7. The molecule has 5 rings (SSSR count). The Morgan fingerprint density at radius 3 is 2.62 bits per heavy atom. The molecule has 164 valence electrons. The Morgan fingerprint density at radius 1 is 1.09 bits per heavy atom. The SMILES string of the molecule is O=c1nc(N2CCCCc3c(C#CC4(C(F)(F)F)CC4)cccc32)c2c(F)cccc2[nH]1. The van der Waals surface area contributed by atoms with E-state index in [1.165, 1.54) is 12.1 Å². The molecule has 0 radical (unpaired) electrons. The van der Waals surface area contributed by atoms with Crippen molar-refractivity contribution in [2.75, 3.05) is 11.4 Å². The number of anilines is 2. The van der Waals surface area contributed by atoms with Gasteiger partial charge in [0.2, 0.25) is 0 Å². The average molecular weight is 441 g/mol. The van der Waals surface area contributed by atoms with Crippen LogP contribution in [0.4, 0.5) is 29.1 Å². The molecule has 1 fully saturated rings. The van der Waals surface area contributed by atoms with Gasteiger partial charge in [-0.15, -0.1) is 0 Å². The Labute approximate surface area is 181 Å². The van der Waals surface area contributed by atoms with Gasteiger partial charge in [0.25, 0.3) is 0 Å². The third-order valence-corrected chi connectivity index (χ3v) is 6.17. The minimum absolute atomic E-state index is 0.0205. The molecular weight excluding hydrogens is 422 g/mol. The molecule has 4 nitrogen and oxygen atoms in total. The van der Waals surface area contributed by atoms with Gasteiger partial charge in [-0.2, -0.15) is 18.2 Å². The predicted molar refractivity (Wildman–Crippen MR) is 113 cm³/mol. The van der Waals surface area contributed by atoms with Crippen molar-refractivity contribution < 1.29 is 17.6 Å². The summed E-state index contributed by atoms with van der Waals surface area (Å²) >= 11 is 0. The fraction of sp³-hybridized carbons (Fsp3) is 0.333. The summed E-state index contributed by atoms with van der Waals surface area (Å²) in [5.41, 5.74) is -0.160. The van der Waals surface area contributed by atoms with Crippen LogP contribution in [-0.4, -0.2) is 22.7 Å². The summed E-state index contributed by atoms with van der Waals surface area (Å²) in [5, 5.41) is 0.199. The van der Waals surface area contributed by atoms with Gasteiger partial charge in [-0.25, -0.2) is 9.18 Å². The Kier molecular flexibility index (Phi) is 4.73. The van der Waals surface area contributed by atoms with Gasteiger partial charge in [0, 0.05) is 17.8 Å². The van der Waals surface area contributed by atoms with E-state index in [1.54, 1.807) is 23.1 Å². The molecule has 2 aromatic carbocycles. The van der Waals surface area contributed by atoms with Gasteiger partial charge >= 0.3 is 11.9 Å². The number of alkyl halides is 3. The summed E-state index contributed by atoms with van der Waals surface area (Å²) in [5.74, 6) is 4.95. The van der Waals surface area contributed by atoms with E-state index >= 15 is 0 Å². The zero-order valence-electron chi connectivity index (χ0n) is 17.0. The lowest BCUT2D eigenvalue weighted by Crippen LogP contribution is -2.24. The Balaban J connectivity index is 1.66. The fourth-order valence-electron chi connectivity index (χ4n) is 4.26.